The van der Waals surface area contributed by atoms with Gasteiger partial charge in [0.15, 0.2) is 0 Å². The minimum absolute atomic E-state index is 0.0238. The summed E-state index contributed by atoms with van der Waals surface area (Å²) in [5.74, 6) is 1.11. The van der Waals surface area contributed by atoms with E-state index < -0.39 is 0 Å². The maximum Gasteiger partial charge on any atom is 0.223 e. The lowest BCUT2D eigenvalue weighted by molar-refractivity contribution is -0.134. The number of amides is 1. The summed E-state index contributed by atoms with van der Waals surface area (Å²) in [6.07, 6.45) is 1.44. The van der Waals surface area contributed by atoms with E-state index in [4.69, 9.17) is 4.74 Å². The van der Waals surface area contributed by atoms with Gasteiger partial charge in [-0.3, -0.25) is 4.79 Å². The Hall–Kier alpha value is -1.51. The van der Waals surface area contributed by atoms with Gasteiger partial charge in [-0.1, -0.05) is 39.0 Å². The summed E-state index contributed by atoms with van der Waals surface area (Å²) in [5.41, 5.74) is 1.15. The number of hydrogen-bond acceptors (Lipinski definition) is 2. The number of para-hydroxylation sites is 1. The van der Waals surface area contributed by atoms with Crippen molar-refractivity contribution in [3.05, 3.63) is 29.8 Å². The first-order chi connectivity index (χ1) is 8.88. The molecule has 0 aromatic heterocycles. The van der Waals surface area contributed by atoms with Crippen LogP contribution in [0.1, 0.15) is 45.2 Å². The van der Waals surface area contributed by atoms with Crippen molar-refractivity contribution < 1.29 is 9.53 Å². The molecule has 1 unspecified atom stereocenters. The number of ether oxygens (including phenoxy) is 1. The second kappa shape index (κ2) is 5.24. The molecule has 0 saturated heterocycles. The van der Waals surface area contributed by atoms with Crippen molar-refractivity contribution in [3.8, 4) is 5.75 Å². The van der Waals surface area contributed by atoms with E-state index in [2.05, 4.69) is 26.8 Å². The summed E-state index contributed by atoms with van der Waals surface area (Å²) in [4.78, 5) is 14.2. The van der Waals surface area contributed by atoms with Crippen molar-refractivity contribution in [3.63, 3.8) is 0 Å². The molecule has 1 heterocycles. The summed E-state index contributed by atoms with van der Waals surface area (Å²) in [5, 5.41) is 0. The zero-order chi connectivity index (χ0) is 14.0. The topological polar surface area (TPSA) is 29.5 Å². The van der Waals surface area contributed by atoms with Crippen molar-refractivity contribution in [1.82, 2.24) is 4.90 Å². The molecule has 3 nitrogen and oxygen atoms in total. The maximum atomic E-state index is 12.4. The molecule has 1 aromatic carbocycles. The summed E-state index contributed by atoms with van der Waals surface area (Å²) in [7, 11) is 1.90. The Morgan fingerprint density at radius 1 is 1.37 bits per heavy atom. The van der Waals surface area contributed by atoms with E-state index in [0.29, 0.717) is 13.0 Å². The lowest BCUT2D eigenvalue weighted by Crippen LogP contribution is -2.36. The lowest BCUT2D eigenvalue weighted by atomic mass is 9.90. The van der Waals surface area contributed by atoms with Crippen molar-refractivity contribution in [2.75, 3.05) is 13.7 Å². The van der Waals surface area contributed by atoms with Gasteiger partial charge in [0, 0.05) is 25.5 Å². The van der Waals surface area contributed by atoms with E-state index in [-0.39, 0.29) is 17.4 Å². The third-order valence-electron chi connectivity index (χ3n) is 3.47. The molecule has 0 fully saturated rings. The monoisotopic (exact) mass is 261 g/mol. The van der Waals surface area contributed by atoms with Crippen LogP contribution in [0.2, 0.25) is 0 Å². The van der Waals surface area contributed by atoms with E-state index in [1.165, 1.54) is 0 Å². The van der Waals surface area contributed by atoms with Crippen LogP contribution in [0.4, 0.5) is 0 Å². The highest BCUT2D eigenvalue weighted by molar-refractivity contribution is 5.77. The zero-order valence-electron chi connectivity index (χ0n) is 12.3. The number of carbonyl (C=O) groups is 1. The second-order valence-electron chi connectivity index (χ2n) is 6.43. The molecule has 0 spiro atoms. The van der Waals surface area contributed by atoms with Crippen LogP contribution in [0.3, 0.4) is 0 Å². The zero-order valence-corrected chi connectivity index (χ0v) is 12.3. The Morgan fingerprint density at radius 2 is 2.05 bits per heavy atom. The molecule has 0 saturated carbocycles. The lowest BCUT2D eigenvalue weighted by Gasteiger charge is -2.34. The van der Waals surface area contributed by atoms with Gasteiger partial charge in [0.05, 0.1) is 12.6 Å². The molecular weight excluding hydrogens is 238 g/mol. The molecule has 1 atom stereocenters. The normalized spacial score (nSPS) is 18.4. The Morgan fingerprint density at radius 3 is 2.74 bits per heavy atom. The third-order valence-corrected chi connectivity index (χ3v) is 3.47. The summed E-state index contributed by atoms with van der Waals surface area (Å²) in [6.45, 7) is 6.96. The highest BCUT2D eigenvalue weighted by Crippen LogP contribution is 2.36. The van der Waals surface area contributed by atoms with Crippen molar-refractivity contribution in [2.24, 2.45) is 5.41 Å². The maximum absolute atomic E-state index is 12.4. The molecule has 0 bridgehead atoms. The number of nitrogens with zero attached hydrogens (tertiary/aromatic N) is 1. The molecule has 1 aliphatic heterocycles. The molecule has 1 amide bonds. The first-order valence-electron chi connectivity index (χ1n) is 6.86. The van der Waals surface area contributed by atoms with Gasteiger partial charge in [-0.05, 0) is 11.5 Å². The largest absolute Gasteiger partial charge is 0.493 e. The molecule has 0 radical (unpaired) electrons. The first-order valence-corrected chi connectivity index (χ1v) is 6.86. The molecule has 0 aliphatic carbocycles. The van der Waals surface area contributed by atoms with Crippen LogP contribution in [0.25, 0.3) is 0 Å². The average molecular weight is 261 g/mol. The summed E-state index contributed by atoms with van der Waals surface area (Å²) < 4.78 is 5.65. The van der Waals surface area contributed by atoms with E-state index in [1.54, 1.807) is 0 Å². The van der Waals surface area contributed by atoms with Crippen molar-refractivity contribution >= 4 is 5.91 Å². The summed E-state index contributed by atoms with van der Waals surface area (Å²) >= 11 is 0. The molecule has 0 N–H and O–H groups in total. The molecule has 104 valence electrons. The first kappa shape index (κ1) is 13.9. The highest BCUT2D eigenvalue weighted by Gasteiger charge is 2.29. The van der Waals surface area contributed by atoms with Crippen molar-refractivity contribution in [1.29, 1.82) is 0 Å². The smallest absolute Gasteiger partial charge is 0.223 e. The van der Waals surface area contributed by atoms with E-state index >= 15 is 0 Å². The minimum Gasteiger partial charge on any atom is -0.493 e. The molecule has 2 rings (SSSR count). The predicted molar refractivity (Wildman–Crippen MR) is 76.1 cm³/mol. The number of fused-ring (bicyclic) bond motifs is 1. The van der Waals surface area contributed by atoms with Crippen LogP contribution >= 0.6 is 0 Å². The van der Waals surface area contributed by atoms with Crippen LogP contribution in [0.5, 0.6) is 5.75 Å². The Balaban J connectivity index is 2.17. The van der Waals surface area contributed by atoms with Crippen LogP contribution in [0.15, 0.2) is 24.3 Å². The van der Waals surface area contributed by atoms with Gasteiger partial charge in [0.25, 0.3) is 0 Å². The SMILES string of the molecule is CN(C(=O)CC(C)(C)C)C1CCOc2ccccc21. The Bertz CT molecular complexity index is 462. The van der Waals surface area contributed by atoms with Crippen LogP contribution < -0.4 is 4.74 Å². The highest BCUT2D eigenvalue weighted by atomic mass is 16.5. The quantitative estimate of drug-likeness (QED) is 0.816. The Labute approximate surface area is 115 Å². The van der Waals surface area contributed by atoms with Gasteiger partial charge in [-0.25, -0.2) is 0 Å². The number of carbonyl (C=O) groups excluding carboxylic acids is 1. The van der Waals surface area contributed by atoms with Gasteiger partial charge in [0.2, 0.25) is 5.91 Å². The van der Waals surface area contributed by atoms with Crippen LogP contribution in [0, 0.1) is 5.41 Å². The molecule has 3 heteroatoms. The average Bonchev–Trinajstić information content (AvgIpc) is 2.35. The third kappa shape index (κ3) is 3.28. The molecule has 1 aromatic rings. The van der Waals surface area contributed by atoms with E-state index in [9.17, 15) is 4.79 Å². The number of rotatable bonds is 2. The van der Waals surface area contributed by atoms with Gasteiger partial charge in [-0.15, -0.1) is 0 Å². The molecule has 1 aliphatic rings. The van der Waals surface area contributed by atoms with Crippen molar-refractivity contribution in [2.45, 2.75) is 39.7 Å². The summed E-state index contributed by atoms with van der Waals surface area (Å²) in [6, 6.07) is 8.14. The molecule has 19 heavy (non-hydrogen) atoms. The van der Waals surface area contributed by atoms with E-state index in [1.807, 2.05) is 30.1 Å². The fourth-order valence-corrected chi connectivity index (χ4v) is 2.48. The van der Waals surface area contributed by atoms with Gasteiger partial charge < -0.3 is 9.64 Å². The second-order valence-corrected chi connectivity index (χ2v) is 6.43. The predicted octanol–water partition coefficient (Wildman–Crippen LogP) is 3.40. The number of benzene rings is 1. The standard InChI is InChI=1S/C16H23NO2/c1-16(2,3)11-15(18)17(4)13-9-10-19-14-8-6-5-7-12(13)14/h5-8,13H,9-11H2,1-4H3. The van der Waals surface area contributed by atoms with Crippen LogP contribution in [-0.2, 0) is 4.79 Å². The van der Waals surface area contributed by atoms with Gasteiger partial charge in [-0.2, -0.15) is 0 Å². The fraction of sp³-hybridized carbons (Fsp3) is 0.562. The Kier molecular flexibility index (Phi) is 3.83. The van der Waals surface area contributed by atoms with Gasteiger partial charge >= 0.3 is 0 Å². The number of hydrogen-bond donors (Lipinski definition) is 0. The van der Waals surface area contributed by atoms with E-state index in [0.717, 1.165) is 17.7 Å². The minimum atomic E-state index is 0.0238. The van der Waals surface area contributed by atoms with Crippen LogP contribution in [-0.4, -0.2) is 24.5 Å². The van der Waals surface area contributed by atoms with Gasteiger partial charge in [0.1, 0.15) is 5.75 Å². The fourth-order valence-electron chi connectivity index (χ4n) is 2.48. The molecular formula is C16H23NO2.